The number of nitrogens with zero attached hydrogens (tertiary/aromatic N) is 1. The molecule has 2 rings (SSSR count). The highest BCUT2D eigenvalue weighted by Crippen LogP contribution is 2.36. The molecule has 1 aliphatic rings. The maximum absolute atomic E-state index is 13.0. The van der Waals surface area contributed by atoms with E-state index in [0.717, 1.165) is 5.56 Å². The maximum atomic E-state index is 13.0. The lowest BCUT2D eigenvalue weighted by Gasteiger charge is -2.35. The first-order valence-corrected chi connectivity index (χ1v) is 9.62. The molecule has 1 fully saturated rings. The Bertz CT molecular complexity index is 705. The molecule has 6 nitrogen and oxygen atoms in total. The van der Waals surface area contributed by atoms with Crippen LogP contribution < -0.4 is 0 Å². The number of hydrogen-bond donors (Lipinski definition) is 0. The first-order valence-electron chi connectivity index (χ1n) is 9.62. The summed E-state index contributed by atoms with van der Waals surface area (Å²) in [6.07, 6.45) is 2.69. The highest BCUT2D eigenvalue weighted by Gasteiger charge is 2.50. The SMILES string of the molecule is CCOC(=O)/C=C/[C@@H]1OC(C)(C)N(C(=O)OC(C)(C)C)[C@@H]1Cc1ccccc1. The topological polar surface area (TPSA) is 65.1 Å². The van der Waals surface area contributed by atoms with Gasteiger partial charge in [-0.25, -0.2) is 9.59 Å². The zero-order valence-electron chi connectivity index (χ0n) is 17.6. The molecule has 6 heteroatoms. The molecule has 1 aliphatic heterocycles. The van der Waals surface area contributed by atoms with Gasteiger partial charge in [0.15, 0.2) is 0 Å². The Kier molecular flexibility index (Phi) is 6.88. The monoisotopic (exact) mass is 389 g/mol. The molecule has 0 saturated carbocycles. The van der Waals surface area contributed by atoms with Crippen LogP contribution in [0.15, 0.2) is 42.5 Å². The van der Waals surface area contributed by atoms with Gasteiger partial charge >= 0.3 is 12.1 Å². The van der Waals surface area contributed by atoms with E-state index in [0.29, 0.717) is 13.0 Å². The standard InChI is InChI=1S/C22H31NO5/c1-7-26-19(24)14-13-18-17(15-16-11-9-8-10-12-16)23(22(5,6)27-18)20(25)28-21(2,3)4/h8-14,17-18H,7,15H2,1-6H3/b14-13+/t17-,18+/m1/s1. The van der Waals surface area contributed by atoms with Gasteiger partial charge in [0.1, 0.15) is 11.3 Å². The molecular weight excluding hydrogens is 358 g/mol. The third-order valence-corrected chi connectivity index (χ3v) is 4.30. The Hall–Kier alpha value is -2.34. The van der Waals surface area contributed by atoms with Gasteiger partial charge in [-0.05, 0) is 59.6 Å². The molecule has 0 spiro atoms. The van der Waals surface area contributed by atoms with Gasteiger partial charge in [-0.2, -0.15) is 0 Å². The summed E-state index contributed by atoms with van der Waals surface area (Å²) in [6.45, 7) is 11.2. The van der Waals surface area contributed by atoms with Gasteiger partial charge in [-0.3, -0.25) is 4.90 Å². The molecule has 0 radical (unpaired) electrons. The number of carbonyl (C=O) groups excluding carboxylic acids is 2. The molecule has 0 N–H and O–H groups in total. The summed E-state index contributed by atoms with van der Waals surface area (Å²) in [5.74, 6) is -0.432. The molecule has 1 aromatic carbocycles. The van der Waals surface area contributed by atoms with E-state index < -0.39 is 29.5 Å². The normalized spacial score (nSPS) is 21.7. The van der Waals surface area contributed by atoms with Crippen LogP contribution in [-0.2, 0) is 25.4 Å². The van der Waals surface area contributed by atoms with Gasteiger partial charge in [0, 0.05) is 6.08 Å². The maximum Gasteiger partial charge on any atom is 0.412 e. The van der Waals surface area contributed by atoms with Crippen molar-refractivity contribution >= 4 is 12.1 Å². The lowest BCUT2D eigenvalue weighted by atomic mass is 10.00. The fourth-order valence-corrected chi connectivity index (χ4v) is 3.28. The second-order valence-corrected chi connectivity index (χ2v) is 8.25. The Morgan fingerprint density at radius 1 is 1.21 bits per heavy atom. The van der Waals surface area contributed by atoms with Gasteiger partial charge in [0.05, 0.1) is 18.8 Å². The Morgan fingerprint density at radius 2 is 1.86 bits per heavy atom. The number of esters is 1. The Balaban J connectivity index is 2.33. The van der Waals surface area contributed by atoms with Crippen LogP contribution in [0.3, 0.4) is 0 Å². The number of ether oxygens (including phenoxy) is 3. The molecule has 1 saturated heterocycles. The van der Waals surface area contributed by atoms with E-state index in [9.17, 15) is 9.59 Å². The summed E-state index contributed by atoms with van der Waals surface area (Å²) in [7, 11) is 0. The largest absolute Gasteiger partial charge is 0.463 e. The second-order valence-electron chi connectivity index (χ2n) is 8.25. The minimum atomic E-state index is -0.883. The van der Waals surface area contributed by atoms with Crippen molar-refractivity contribution in [3.05, 3.63) is 48.0 Å². The van der Waals surface area contributed by atoms with Crippen molar-refractivity contribution in [3.8, 4) is 0 Å². The average Bonchev–Trinajstić information content (AvgIpc) is 2.82. The summed E-state index contributed by atoms with van der Waals surface area (Å²) >= 11 is 0. The van der Waals surface area contributed by atoms with Gasteiger partial charge in [0.2, 0.25) is 0 Å². The van der Waals surface area contributed by atoms with Crippen LogP contribution in [0.4, 0.5) is 4.79 Å². The highest BCUT2D eigenvalue weighted by molar-refractivity contribution is 5.82. The first-order chi connectivity index (χ1) is 13.0. The van der Waals surface area contributed by atoms with Crippen molar-refractivity contribution in [1.29, 1.82) is 0 Å². The van der Waals surface area contributed by atoms with E-state index in [2.05, 4.69) is 0 Å². The molecular formula is C22H31NO5. The number of hydrogen-bond acceptors (Lipinski definition) is 5. The molecule has 1 aromatic rings. The summed E-state index contributed by atoms with van der Waals surface area (Å²) in [5, 5.41) is 0. The lowest BCUT2D eigenvalue weighted by molar-refractivity contribution is -0.137. The quantitative estimate of drug-likeness (QED) is 0.561. The molecule has 2 atom stereocenters. The summed E-state index contributed by atoms with van der Waals surface area (Å²) in [5.41, 5.74) is -0.439. The molecule has 0 aliphatic carbocycles. The third-order valence-electron chi connectivity index (χ3n) is 4.30. The zero-order chi connectivity index (χ0) is 20.9. The van der Waals surface area contributed by atoms with Crippen LogP contribution in [0.1, 0.15) is 47.1 Å². The number of carbonyl (C=O) groups is 2. The third kappa shape index (κ3) is 5.83. The van der Waals surface area contributed by atoms with E-state index in [1.165, 1.54) is 6.08 Å². The first kappa shape index (κ1) is 22.0. The predicted molar refractivity (Wildman–Crippen MR) is 107 cm³/mol. The number of amides is 1. The van der Waals surface area contributed by atoms with Crippen LogP contribution in [0.25, 0.3) is 0 Å². The van der Waals surface area contributed by atoms with Gasteiger partial charge in [-0.1, -0.05) is 30.3 Å². The minimum Gasteiger partial charge on any atom is -0.463 e. The van der Waals surface area contributed by atoms with Crippen LogP contribution in [0, 0.1) is 0 Å². The van der Waals surface area contributed by atoms with Crippen LogP contribution in [0.2, 0.25) is 0 Å². The van der Waals surface area contributed by atoms with Crippen molar-refractivity contribution < 1.29 is 23.8 Å². The van der Waals surface area contributed by atoms with Crippen LogP contribution >= 0.6 is 0 Å². The van der Waals surface area contributed by atoms with Crippen molar-refractivity contribution in [1.82, 2.24) is 4.90 Å². The molecule has 0 aromatic heterocycles. The number of rotatable bonds is 5. The molecule has 28 heavy (non-hydrogen) atoms. The van der Waals surface area contributed by atoms with E-state index in [1.54, 1.807) is 17.9 Å². The van der Waals surface area contributed by atoms with E-state index in [4.69, 9.17) is 14.2 Å². The van der Waals surface area contributed by atoms with Crippen LogP contribution in [-0.4, -0.2) is 47.0 Å². The molecule has 0 unspecified atom stereocenters. The average molecular weight is 389 g/mol. The lowest BCUT2D eigenvalue weighted by Crippen LogP contribution is -2.50. The smallest absolute Gasteiger partial charge is 0.412 e. The van der Waals surface area contributed by atoms with E-state index >= 15 is 0 Å². The molecule has 1 heterocycles. The summed E-state index contributed by atoms with van der Waals surface area (Å²) in [4.78, 5) is 26.4. The second kappa shape index (κ2) is 8.78. The van der Waals surface area contributed by atoms with Gasteiger partial charge in [0.25, 0.3) is 0 Å². The zero-order valence-corrected chi connectivity index (χ0v) is 17.6. The highest BCUT2D eigenvalue weighted by atomic mass is 16.6. The van der Waals surface area contributed by atoms with E-state index in [1.807, 2.05) is 65.0 Å². The van der Waals surface area contributed by atoms with Crippen molar-refractivity contribution in [2.45, 2.75) is 71.4 Å². The molecule has 154 valence electrons. The van der Waals surface area contributed by atoms with E-state index in [-0.39, 0.29) is 6.04 Å². The minimum absolute atomic E-state index is 0.303. The van der Waals surface area contributed by atoms with Gasteiger partial charge in [-0.15, -0.1) is 0 Å². The fourth-order valence-electron chi connectivity index (χ4n) is 3.28. The van der Waals surface area contributed by atoms with Crippen molar-refractivity contribution in [2.24, 2.45) is 0 Å². The summed E-state index contributed by atoms with van der Waals surface area (Å²) in [6, 6.07) is 9.55. The summed E-state index contributed by atoms with van der Waals surface area (Å²) < 4.78 is 16.7. The van der Waals surface area contributed by atoms with Crippen LogP contribution in [0.5, 0.6) is 0 Å². The molecule has 1 amide bonds. The van der Waals surface area contributed by atoms with Crippen molar-refractivity contribution in [2.75, 3.05) is 6.61 Å². The predicted octanol–water partition coefficient (Wildman–Crippen LogP) is 4.09. The fraction of sp³-hybridized carbons (Fsp3) is 0.545. The van der Waals surface area contributed by atoms with Gasteiger partial charge < -0.3 is 14.2 Å². The Labute approximate surface area is 167 Å². The Morgan fingerprint density at radius 3 is 2.43 bits per heavy atom. The van der Waals surface area contributed by atoms with Crippen molar-refractivity contribution in [3.63, 3.8) is 0 Å². The number of benzene rings is 1. The molecule has 0 bridgehead atoms.